The lowest BCUT2D eigenvalue weighted by Crippen LogP contribution is -2.37. The molecule has 27 heavy (non-hydrogen) atoms. The molecule has 0 saturated carbocycles. The fourth-order valence-corrected chi connectivity index (χ4v) is 3.73. The van der Waals surface area contributed by atoms with Crippen LogP contribution in [0.3, 0.4) is 0 Å². The van der Waals surface area contributed by atoms with Gasteiger partial charge in [0.1, 0.15) is 5.41 Å². The number of carboxylic acid groups (broad SMARTS) is 1. The third-order valence-electron chi connectivity index (χ3n) is 5.27. The topological polar surface area (TPSA) is 71.4 Å². The molecule has 0 amide bonds. The average molecular weight is 356 g/mol. The second-order valence-electron chi connectivity index (χ2n) is 6.73. The van der Waals surface area contributed by atoms with Gasteiger partial charge < -0.3 is 5.11 Å². The maximum atomic E-state index is 13.2. The molecule has 0 fully saturated rings. The summed E-state index contributed by atoms with van der Waals surface area (Å²) in [5, 5.41) is 10.1. The number of benzene rings is 3. The predicted molar refractivity (Wildman–Crippen MR) is 100 cm³/mol. The number of rotatable bonds is 3. The Hall–Kier alpha value is -3.53. The van der Waals surface area contributed by atoms with Crippen molar-refractivity contribution in [2.45, 2.75) is 12.3 Å². The average Bonchev–Trinajstić information content (AvgIpc) is 2.71. The molecule has 1 aliphatic carbocycles. The van der Waals surface area contributed by atoms with Gasteiger partial charge in [0.15, 0.2) is 11.6 Å². The van der Waals surface area contributed by atoms with Gasteiger partial charge in [-0.3, -0.25) is 14.4 Å². The van der Waals surface area contributed by atoms with Crippen LogP contribution in [-0.4, -0.2) is 22.6 Å². The van der Waals surface area contributed by atoms with Crippen molar-refractivity contribution in [3.63, 3.8) is 0 Å². The summed E-state index contributed by atoms with van der Waals surface area (Å²) in [6.45, 7) is 1.57. The highest BCUT2D eigenvalue weighted by Crippen LogP contribution is 2.39. The van der Waals surface area contributed by atoms with Crippen molar-refractivity contribution < 1.29 is 19.5 Å². The largest absolute Gasteiger partial charge is 0.480 e. The van der Waals surface area contributed by atoms with Crippen molar-refractivity contribution in [2.24, 2.45) is 0 Å². The summed E-state index contributed by atoms with van der Waals surface area (Å²) in [6.07, 6.45) is 0. The van der Waals surface area contributed by atoms with Gasteiger partial charge in [-0.15, -0.1) is 0 Å². The number of hydrogen-bond acceptors (Lipinski definition) is 3. The first-order chi connectivity index (χ1) is 13.0. The third-order valence-corrected chi connectivity index (χ3v) is 5.27. The lowest BCUT2D eigenvalue weighted by Gasteiger charge is -2.30. The number of carboxylic acids is 1. The van der Waals surface area contributed by atoms with E-state index in [4.69, 9.17) is 0 Å². The summed E-state index contributed by atoms with van der Waals surface area (Å²) in [4.78, 5) is 38.5. The van der Waals surface area contributed by atoms with Gasteiger partial charge in [0, 0.05) is 22.3 Å². The van der Waals surface area contributed by atoms with Crippen molar-refractivity contribution in [1.82, 2.24) is 0 Å². The Balaban J connectivity index is 2.03. The molecule has 3 aromatic carbocycles. The Morgan fingerprint density at radius 1 is 0.741 bits per heavy atom. The quantitative estimate of drug-likeness (QED) is 0.605. The van der Waals surface area contributed by atoms with Gasteiger partial charge in [-0.1, -0.05) is 72.8 Å². The zero-order valence-corrected chi connectivity index (χ0v) is 14.6. The molecule has 1 aliphatic rings. The standard InChI is InChI=1S/C23H16O4/c1-23(22(26)27,14-8-3-2-4-9-14)18-13-7-12-17-19(18)21(25)16-11-6-5-10-15(16)20(17)24/h2-13H,1H3,(H,26,27). The van der Waals surface area contributed by atoms with Crippen LogP contribution in [0.25, 0.3) is 0 Å². The number of fused-ring (bicyclic) bond motifs is 2. The molecule has 0 heterocycles. The van der Waals surface area contributed by atoms with E-state index in [1.54, 1.807) is 79.7 Å². The first kappa shape index (κ1) is 16.9. The third kappa shape index (κ3) is 2.34. The van der Waals surface area contributed by atoms with Crippen LogP contribution in [-0.2, 0) is 10.2 Å². The van der Waals surface area contributed by atoms with Crippen LogP contribution in [0.4, 0.5) is 0 Å². The molecule has 132 valence electrons. The maximum absolute atomic E-state index is 13.2. The molecule has 0 aromatic heterocycles. The van der Waals surface area contributed by atoms with Gasteiger partial charge in [0.2, 0.25) is 0 Å². The van der Waals surface area contributed by atoms with E-state index in [0.717, 1.165) is 0 Å². The first-order valence-electron chi connectivity index (χ1n) is 8.57. The number of aliphatic carboxylic acids is 1. The Kier molecular flexibility index (Phi) is 3.77. The van der Waals surface area contributed by atoms with E-state index in [1.165, 1.54) is 0 Å². The maximum Gasteiger partial charge on any atom is 0.318 e. The molecule has 4 heteroatoms. The lowest BCUT2D eigenvalue weighted by atomic mass is 9.70. The summed E-state index contributed by atoms with van der Waals surface area (Å²) < 4.78 is 0. The molecule has 0 saturated heterocycles. The summed E-state index contributed by atoms with van der Waals surface area (Å²) in [5.41, 5.74) is 0.493. The minimum Gasteiger partial charge on any atom is -0.480 e. The van der Waals surface area contributed by atoms with Gasteiger partial charge in [0.25, 0.3) is 0 Å². The Morgan fingerprint density at radius 3 is 1.93 bits per heavy atom. The van der Waals surface area contributed by atoms with Crippen LogP contribution in [0.1, 0.15) is 49.9 Å². The first-order valence-corrected chi connectivity index (χ1v) is 8.57. The van der Waals surface area contributed by atoms with Crippen LogP contribution in [0.15, 0.2) is 72.8 Å². The van der Waals surface area contributed by atoms with Crippen LogP contribution >= 0.6 is 0 Å². The van der Waals surface area contributed by atoms with Crippen LogP contribution in [0.2, 0.25) is 0 Å². The van der Waals surface area contributed by atoms with Gasteiger partial charge in [-0.05, 0) is 18.1 Å². The monoisotopic (exact) mass is 356 g/mol. The van der Waals surface area contributed by atoms with Crippen LogP contribution in [0, 0.1) is 0 Å². The molecular formula is C23H16O4. The van der Waals surface area contributed by atoms with Crippen molar-refractivity contribution in [3.8, 4) is 0 Å². The Morgan fingerprint density at radius 2 is 1.30 bits per heavy atom. The molecular weight excluding hydrogens is 340 g/mol. The second kappa shape index (κ2) is 6.02. The van der Waals surface area contributed by atoms with E-state index in [9.17, 15) is 19.5 Å². The second-order valence-corrected chi connectivity index (χ2v) is 6.73. The summed E-state index contributed by atoms with van der Waals surface area (Å²) >= 11 is 0. The fourth-order valence-electron chi connectivity index (χ4n) is 3.73. The highest BCUT2D eigenvalue weighted by atomic mass is 16.4. The highest BCUT2D eigenvalue weighted by molar-refractivity contribution is 6.29. The Labute approximate surface area is 156 Å². The zero-order valence-electron chi connectivity index (χ0n) is 14.6. The van der Waals surface area contributed by atoms with Crippen molar-refractivity contribution >= 4 is 17.5 Å². The number of hydrogen-bond donors (Lipinski definition) is 1. The van der Waals surface area contributed by atoms with E-state index < -0.39 is 11.4 Å². The van der Waals surface area contributed by atoms with Crippen molar-refractivity contribution in [3.05, 3.63) is 106 Å². The molecule has 1 atom stereocenters. The predicted octanol–water partition coefficient (Wildman–Crippen LogP) is 3.85. The SMILES string of the molecule is CC(C(=O)O)(c1ccccc1)c1cccc2c1C(=O)c1ccccc1C2=O. The molecule has 4 nitrogen and oxygen atoms in total. The summed E-state index contributed by atoms with van der Waals surface area (Å²) in [7, 11) is 0. The molecule has 0 aliphatic heterocycles. The van der Waals surface area contributed by atoms with Gasteiger partial charge in [-0.25, -0.2) is 0 Å². The number of carbonyl (C=O) groups excluding carboxylic acids is 2. The molecule has 1 N–H and O–H groups in total. The molecule has 0 spiro atoms. The fraction of sp³-hybridized carbons (Fsp3) is 0.0870. The highest BCUT2D eigenvalue weighted by Gasteiger charge is 2.43. The van der Waals surface area contributed by atoms with E-state index in [2.05, 4.69) is 0 Å². The minimum absolute atomic E-state index is 0.176. The van der Waals surface area contributed by atoms with Crippen LogP contribution < -0.4 is 0 Å². The van der Waals surface area contributed by atoms with Crippen molar-refractivity contribution in [1.29, 1.82) is 0 Å². The summed E-state index contributed by atoms with van der Waals surface area (Å²) in [5.74, 6) is -1.66. The number of carbonyl (C=O) groups is 3. The summed E-state index contributed by atoms with van der Waals surface area (Å²) in [6, 6.07) is 20.2. The molecule has 0 radical (unpaired) electrons. The molecule has 3 aromatic rings. The Bertz CT molecular complexity index is 1100. The normalized spacial score (nSPS) is 14.9. The van der Waals surface area contributed by atoms with Crippen LogP contribution in [0.5, 0.6) is 0 Å². The van der Waals surface area contributed by atoms with E-state index >= 15 is 0 Å². The van der Waals surface area contributed by atoms with Gasteiger partial charge in [0.05, 0.1) is 0 Å². The van der Waals surface area contributed by atoms with E-state index in [1.807, 2.05) is 0 Å². The lowest BCUT2D eigenvalue weighted by molar-refractivity contribution is -0.141. The van der Waals surface area contributed by atoms with Gasteiger partial charge >= 0.3 is 5.97 Å². The smallest absolute Gasteiger partial charge is 0.318 e. The minimum atomic E-state index is -1.46. The molecule has 1 unspecified atom stereocenters. The van der Waals surface area contributed by atoms with Crippen molar-refractivity contribution in [2.75, 3.05) is 0 Å². The zero-order chi connectivity index (χ0) is 19.2. The van der Waals surface area contributed by atoms with E-state index in [0.29, 0.717) is 22.3 Å². The molecule has 4 rings (SSSR count). The number of ketones is 2. The molecule has 0 bridgehead atoms. The van der Waals surface area contributed by atoms with Gasteiger partial charge in [-0.2, -0.15) is 0 Å². The van der Waals surface area contributed by atoms with E-state index in [-0.39, 0.29) is 22.7 Å².